The Labute approximate surface area is 144 Å². The number of hydrogen-bond donors (Lipinski definition) is 1. The molecule has 128 valence electrons. The smallest absolute Gasteiger partial charge is 0.253 e. The zero-order valence-corrected chi connectivity index (χ0v) is 13.8. The van der Waals surface area contributed by atoms with Crippen LogP contribution in [0.5, 0.6) is 0 Å². The number of aryl methyl sites for hydroxylation is 1. The van der Waals surface area contributed by atoms with Gasteiger partial charge in [-0.1, -0.05) is 6.07 Å². The SMILES string of the molecule is Cc1nc2c(C(=O)NC3CCN(c4ccc(F)cc4)C3)cccc2o1. The van der Waals surface area contributed by atoms with E-state index in [2.05, 4.69) is 15.2 Å². The van der Waals surface area contributed by atoms with Gasteiger partial charge in [-0.05, 0) is 42.8 Å². The van der Waals surface area contributed by atoms with Crippen LogP contribution < -0.4 is 10.2 Å². The van der Waals surface area contributed by atoms with Gasteiger partial charge in [0, 0.05) is 31.7 Å². The van der Waals surface area contributed by atoms with Gasteiger partial charge in [0.2, 0.25) is 0 Å². The summed E-state index contributed by atoms with van der Waals surface area (Å²) in [6.45, 7) is 3.29. The molecule has 1 atom stereocenters. The van der Waals surface area contributed by atoms with Crippen LogP contribution in [0.1, 0.15) is 22.7 Å². The van der Waals surface area contributed by atoms with Crippen LogP contribution in [0, 0.1) is 12.7 Å². The van der Waals surface area contributed by atoms with Crippen LogP contribution in [0.15, 0.2) is 46.9 Å². The first kappa shape index (κ1) is 15.6. The Morgan fingerprint density at radius 3 is 2.88 bits per heavy atom. The Morgan fingerprint density at radius 1 is 1.28 bits per heavy atom. The van der Waals surface area contributed by atoms with Gasteiger partial charge in [-0.15, -0.1) is 0 Å². The standard InChI is InChI=1S/C19H18FN3O2/c1-12-21-18-16(3-2-4-17(18)25-12)19(24)22-14-9-10-23(11-14)15-7-5-13(20)6-8-15/h2-8,14H,9-11H2,1H3,(H,22,24). The molecular weight excluding hydrogens is 321 g/mol. The first-order valence-corrected chi connectivity index (χ1v) is 8.28. The molecule has 3 aromatic rings. The van der Waals surface area contributed by atoms with Crippen molar-refractivity contribution < 1.29 is 13.6 Å². The number of halogens is 1. The maximum atomic E-state index is 13.1. The van der Waals surface area contributed by atoms with Crippen LogP contribution in [-0.4, -0.2) is 30.0 Å². The minimum Gasteiger partial charge on any atom is -0.441 e. The number of oxazole rings is 1. The number of nitrogens with zero attached hydrogens (tertiary/aromatic N) is 2. The first-order valence-electron chi connectivity index (χ1n) is 8.28. The average Bonchev–Trinajstić information content (AvgIpc) is 3.20. The summed E-state index contributed by atoms with van der Waals surface area (Å²) in [5.41, 5.74) is 2.69. The molecule has 4 rings (SSSR count). The first-order chi connectivity index (χ1) is 12.1. The second-order valence-electron chi connectivity index (χ2n) is 6.27. The normalized spacial score (nSPS) is 17.2. The summed E-state index contributed by atoms with van der Waals surface area (Å²) in [4.78, 5) is 19.1. The molecule has 0 saturated carbocycles. The third-order valence-corrected chi connectivity index (χ3v) is 4.49. The monoisotopic (exact) mass is 339 g/mol. The highest BCUT2D eigenvalue weighted by molar-refractivity contribution is 6.04. The summed E-state index contributed by atoms with van der Waals surface area (Å²) < 4.78 is 18.5. The van der Waals surface area contributed by atoms with Crippen molar-refractivity contribution >= 4 is 22.7 Å². The largest absolute Gasteiger partial charge is 0.441 e. The van der Waals surface area contributed by atoms with E-state index < -0.39 is 0 Å². The van der Waals surface area contributed by atoms with Crippen LogP contribution in [0.25, 0.3) is 11.1 Å². The number of anilines is 1. The van der Waals surface area contributed by atoms with Crippen LogP contribution in [0.4, 0.5) is 10.1 Å². The quantitative estimate of drug-likeness (QED) is 0.795. The number of para-hydroxylation sites is 1. The molecular formula is C19H18FN3O2. The second kappa shape index (κ2) is 6.20. The molecule has 1 amide bonds. The van der Waals surface area contributed by atoms with Crippen LogP contribution in [-0.2, 0) is 0 Å². The van der Waals surface area contributed by atoms with Crippen molar-refractivity contribution in [1.82, 2.24) is 10.3 Å². The third kappa shape index (κ3) is 3.07. The number of carbonyl (C=O) groups excluding carboxylic acids is 1. The van der Waals surface area contributed by atoms with E-state index in [0.29, 0.717) is 29.1 Å². The molecule has 1 N–H and O–H groups in total. The summed E-state index contributed by atoms with van der Waals surface area (Å²) in [5.74, 6) is 0.146. The lowest BCUT2D eigenvalue weighted by atomic mass is 10.1. The molecule has 0 bridgehead atoms. The third-order valence-electron chi connectivity index (χ3n) is 4.49. The number of hydrogen-bond acceptors (Lipinski definition) is 4. The maximum absolute atomic E-state index is 13.1. The van der Waals surface area contributed by atoms with Gasteiger partial charge in [0.1, 0.15) is 11.3 Å². The van der Waals surface area contributed by atoms with Crippen LogP contribution in [0.3, 0.4) is 0 Å². The molecule has 6 heteroatoms. The fourth-order valence-corrected chi connectivity index (χ4v) is 3.27. The molecule has 0 radical (unpaired) electrons. The van der Waals surface area contributed by atoms with Gasteiger partial charge in [0.25, 0.3) is 5.91 Å². The van der Waals surface area contributed by atoms with E-state index in [4.69, 9.17) is 4.42 Å². The number of aromatic nitrogens is 1. The van der Waals surface area contributed by atoms with E-state index in [0.717, 1.165) is 18.7 Å². The number of carbonyl (C=O) groups is 1. The van der Waals surface area contributed by atoms with Crippen molar-refractivity contribution in [2.45, 2.75) is 19.4 Å². The summed E-state index contributed by atoms with van der Waals surface area (Å²) in [6, 6.07) is 11.8. The van der Waals surface area contributed by atoms with Gasteiger partial charge in [0.05, 0.1) is 5.56 Å². The predicted molar refractivity (Wildman–Crippen MR) is 93.2 cm³/mol. The zero-order valence-electron chi connectivity index (χ0n) is 13.8. The average molecular weight is 339 g/mol. The summed E-state index contributed by atoms with van der Waals surface area (Å²) in [5, 5.41) is 3.07. The number of fused-ring (bicyclic) bond motifs is 1. The molecule has 1 saturated heterocycles. The highest BCUT2D eigenvalue weighted by Gasteiger charge is 2.25. The minimum atomic E-state index is -0.246. The van der Waals surface area contributed by atoms with E-state index in [9.17, 15) is 9.18 Å². The van der Waals surface area contributed by atoms with Gasteiger partial charge in [-0.3, -0.25) is 4.79 Å². The van der Waals surface area contributed by atoms with E-state index >= 15 is 0 Å². The summed E-state index contributed by atoms with van der Waals surface area (Å²) in [7, 11) is 0. The molecule has 1 aliphatic heterocycles. The molecule has 1 aliphatic rings. The lowest BCUT2D eigenvalue weighted by molar-refractivity contribution is 0.0942. The van der Waals surface area contributed by atoms with E-state index in [1.807, 2.05) is 0 Å². The molecule has 5 nitrogen and oxygen atoms in total. The van der Waals surface area contributed by atoms with Gasteiger partial charge >= 0.3 is 0 Å². The fraction of sp³-hybridized carbons (Fsp3) is 0.263. The fourth-order valence-electron chi connectivity index (χ4n) is 3.27. The topological polar surface area (TPSA) is 58.4 Å². The number of nitrogens with one attached hydrogen (secondary N) is 1. The number of amides is 1. The van der Waals surface area contributed by atoms with Crippen LogP contribution in [0.2, 0.25) is 0 Å². The van der Waals surface area contributed by atoms with Crippen molar-refractivity contribution in [2.75, 3.05) is 18.0 Å². The number of rotatable bonds is 3. The summed E-state index contributed by atoms with van der Waals surface area (Å²) >= 11 is 0. The lowest BCUT2D eigenvalue weighted by Gasteiger charge is -2.19. The minimum absolute atomic E-state index is 0.0424. The molecule has 1 aromatic heterocycles. The van der Waals surface area contributed by atoms with E-state index in [1.165, 1.54) is 12.1 Å². The zero-order chi connectivity index (χ0) is 17.4. The highest BCUT2D eigenvalue weighted by Crippen LogP contribution is 2.22. The number of benzene rings is 2. The van der Waals surface area contributed by atoms with Crippen molar-refractivity contribution in [2.24, 2.45) is 0 Å². The molecule has 2 aromatic carbocycles. The molecule has 2 heterocycles. The van der Waals surface area contributed by atoms with Crippen LogP contribution >= 0.6 is 0 Å². The van der Waals surface area contributed by atoms with Crippen molar-refractivity contribution in [1.29, 1.82) is 0 Å². The molecule has 25 heavy (non-hydrogen) atoms. The Bertz CT molecular complexity index is 920. The van der Waals surface area contributed by atoms with Gasteiger partial charge < -0.3 is 14.6 Å². The van der Waals surface area contributed by atoms with Crippen molar-refractivity contribution in [3.8, 4) is 0 Å². The molecule has 1 fully saturated rings. The molecule has 0 aliphatic carbocycles. The van der Waals surface area contributed by atoms with E-state index in [-0.39, 0.29) is 17.8 Å². The Hall–Kier alpha value is -2.89. The van der Waals surface area contributed by atoms with E-state index in [1.54, 1.807) is 37.3 Å². The Balaban J connectivity index is 1.47. The Kier molecular flexibility index (Phi) is 3.87. The molecule has 0 spiro atoms. The van der Waals surface area contributed by atoms with Gasteiger partial charge in [-0.2, -0.15) is 0 Å². The van der Waals surface area contributed by atoms with Gasteiger partial charge in [-0.25, -0.2) is 9.37 Å². The van der Waals surface area contributed by atoms with Crippen molar-refractivity contribution in [3.05, 3.63) is 59.7 Å². The maximum Gasteiger partial charge on any atom is 0.253 e. The Morgan fingerprint density at radius 2 is 2.08 bits per heavy atom. The predicted octanol–water partition coefficient (Wildman–Crippen LogP) is 3.28. The van der Waals surface area contributed by atoms with Crippen molar-refractivity contribution in [3.63, 3.8) is 0 Å². The molecule has 1 unspecified atom stereocenters. The van der Waals surface area contributed by atoms with Gasteiger partial charge in [0.15, 0.2) is 11.5 Å². The highest BCUT2D eigenvalue weighted by atomic mass is 19.1. The lowest BCUT2D eigenvalue weighted by Crippen LogP contribution is -2.37. The second-order valence-corrected chi connectivity index (χ2v) is 6.27. The summed E-state index contributed by atoms with van der Waals surface area (Å²) in [6.07, 6.45) is 0.844.